The second-order valence-corrected chi connectivity index (χ2v) is 9.12. The lowest BCUT2D eigenvalue weighted by Gasteiger charge is -2.54. The van der Waals surface area contributed by atoms with E-state index in [1.165, 1.54) is 22.2 Å². The van der Waals surface area contributed by atoms with Gasteiger partial charge in [-0.1, -0.05) is 24.3 Å². The summed E-state index contributed by atoms with van der Waals surface area (Å²) >= 11 is 0. The third-order valence-electron chi connectivity index (χ3n) is 7.66. The van der Waals surface area contributed by atoms with Crippen molar-refractivity contribution in [3.63, 3.8) is 0 Å². The number of H-pyrrole nitrogens is 1. The monoisotopic (exact) mass is 402 g/mol. The molecule has 1 aliphatic heterocycles. The minimum absolute atomic E-state index is 0.0986. The summed E-state index contributed by atoms with van der Waals surface area (Å²) in [6.45, 7) is 2.52. The predicted octanol–water partition coefficient (Wildman–Crippen LogP) is 4.19. The van der Waals surface area contributed by atoms with Gasteiger partial charge in [0.15, 0.2) is 0 Å². The number of hydrogen-bond acceptors (Lipinski definition) is 3. The normalized spacial score (nSPS) is 26.3. The lowest BCUT2D eigenvalue weighted by atomic mass is 9.66. The van der Waals surface area contributed by atoms with Crippen molar-refractivity contribution in [1.82, 2.24) is 19.8 Å². The summed E-state index contributed by atoms with van der Waals surface area (Å²) < 4.78 is 0. The van der Waals surface area contributed by atoms with E-state index in [1.54, 1.807) is 6.92 Å². The number of rotatable bonds is 2. The second-order valence-electron chi connectivity index (χ2n) is 9.12. The molecule has 3 aromatic rings. The van der Waals surface area contributed by atoms with Crippen LogP contribution in [0.1, 0.15) is 49.6 Å². The highest BCUT2D eigenvalue weighted by Crippen LogP contribution is 2.53. The minimum atomic E-state index is -0.257. The third kappa shape index (κ3) is 2.64. The number of para-hydroxylation sites is 1. The molecule has 5 rings (SSSR count). The van der Waals surface area contributed by atoms with Crippen molar-refractivity contribution in [3.05, 3.63) is 65.6 Å². The number of benzene rings is 1. The summed E-state index contributed by atoms with van der Waals surface area (Å²) in [5.74, 6) is 0.175. The molecule has 5 nitrogen and oxygen atoms in total. The highest BCUT2D eigenvalue weighted by molar-refractivity contribution is 5.86. The number of amides is 1. The zero-order valence-corrected chi connectivity index (χ0v) is 18.1. The minimum Gasteiger partial charge on any atom is -0.356 e. The maximum Gasteiger partial charge on any atom is 0.220 e. The van der Waals surface area contributed by atoms with Crippen LogP contribution in [0.3, 0.4) is 0 Å². The van der Waals surface area contributed by atoms with Gasteiger partial charge in [0.05, 0.1) is 16.8 Å². The fourth-order valence-electron chi connectivity index (χ4n) is 6.06. The van der Waals surface area contributed by atoms with Gasteiger partial charge in [-0.25, -0.2) is 0 Å². The SMILES string of the molecule is CC(=O)N1CCc2c([nH]c3ccccc23)C12CCC(c1ccccn1)(N(C)C)CC2. The number of aromatic nitrogens is 2. The largest absolute Gasteiger partial charge is 0.356 e. The van der Waals surface area contributed by atoms with Crippen molar-refractivity contribution in [2.75, 3.05) is 20.6 Å². The molecule has 156 valence electrons. The van der Waals surface area contributed by atoms with Crippen molar-refractivity contribution < 1.29 is 4.79 Å². The number of pyridine rings is 1. The molecule has 0 atom stereocenters. The highest BCUT2D eigenvalue weighted by atomic mass is 16.2. The maximum atomic E-state index is 12.8. The van der Waals surface area contributed by atoms with E-state index < -0.39 is 0 Å². The number of carbonyl (C=O) groups is 1. The van der Waals surface area contributed by atoms with Crippen LogP contribution in [-0.4, -0.2) is 46.3 Å². The first kappa shape index (κ1) is 19.3. The molecular weight excluding hydrogens is 372 g/mol. The van der Waals surface area contributed by atoms with E-state index in [-0.39, 0.29) is 17.0 Å². The molecule has 1 fully saturated rings. The fourth-order valence-corrected chi connectivity index (χ4v) is 6.06. The smallest absolute Gasteiger partial charge is 0.220 e. The van der Waals surface area contributed by atoms with Crippen molar-refractivity contribution >= 4 is 16.8 Å². The Bertz CT molecular complexity index is 1080. The standard InChI is InChI=1S/C25H30N4O/c1-18(30)29-17-11-20-19-8-4-5-9-21(19)27-23(20)25(29)14-12-24(13-15-25,28(2)3)22-10-6-7-16-26-22/h4-10,16,27H,11-15,17H2,1-3H3. The molecule has 1 spiro atoms. The van der Waals surface area contributed by atoms with Crippen LogP contribution < -0.4 is 0 Å². The van der Waals surface area contributed by atoms with E-state index in [1.807, 2.05) is 12.3 Å². The van der Waals surface area contributed by atoms with E-state index >= 15 is 0 Å². The summed E-state index contributed by atoms with van der Waals surface area (Å²) in [6.07, 6.45) is 6.61. The van der Waals surface area contributed by atoms with E-state index in [2.05, 4.69) is 65.3 Å². The molecule has 0 radical (unpaired) electrons. The number of carbonyl (C=O) groups excluding carboxylic acids is 1. The van der Waals surface area contributed by atoms with Crippen molar-refractivity contribution in [1.29, 1.82) is 0 Å². The molecule has 1 saturated carbocycles. The highest BCUT2D eigenvalue weighted by Gasteiger charge is 2.52. The Morgan fingerprint density at radius 3 is 2.47 bits per heavy atom. The first-order chi connectivity index (χ1) is 14.5. The van der Waals surface area contributed by atoms with E-state index in [4.69, 9.17) is 4.98 Å². The van der Waals surface area contributed by atoms with Crippen LogP contribution in [0, 0.1) is 0 Å². The molecule has 3 heterocycles. The number of nitrogens with zero attached hydrogens (tertiary/aromatic N) is 3. The summed E-state index contributed by atoms with van der Waals surface area (Å²) in [4.78, 5) is 25.7. The van der Waals surface area contributed by atoms with E-state index in [0.717, 1.165) is 44.3 Å². The average molecular weight is 403 g/mol. The topological polar surface area (TPSA) is 52.2 Å². The molecular formula is C25H30N4O. The molecule has 2 aliphatic rings. The average Bonchev–Trinajstić information content (AvgIpc) is 3.15. The van der Waals surface area contributed by atoms with Gasteiger partial charge in [-0.05, 0) is 70.0 Å². The van der Waals surface area contributed by atoms with Gasteiger partial charge in [0.1, 0.15) is 0 Å². The van der Waals surface area contributed by atoms with Crippen LogP contribution in [0.25, 0.3) is 10.9 Å². The van der Waals surface area contributed by atoms with Crippen molar-refractivity contribution in [2.24, 2.45) is 0 Å². The molecule has 1 aromatic carbocycles. The second kappa shape index (κ2) is 6.95. The Hall–Kier alpha value is -2.66. The van der Waals surface area contributed by atoms with Crippen LogP contribution in [0.15, 0.2) is 48.7 Å². The Balaban J connectivity index is 1.61. The third-order valence-corrected chi connectivity index (χ3v) is 7.66. The Kier molecular flexibility index (Phi) is 4.47. The summed E-state index contributed by atoms with van der Waals surface area (Å²) in [6, 6.07) is 14.8. The van der Waals surface area contributed by atoms with Crippen LogP contribution >= 0.6 is 0 Å². The fraction of sp³-hybridized carbons (Fsp3) is 0.440. The lowest BCUT2D eigenvalue weighted by Crippen LogP contribution is -2.58. The summed E-state index contributed by atoms with van der Waals surface area (Å²) in [5, 5.41) is 1.31. The molecule has 2 aromatic heterocycles. The summed E-state index contributed by atoms with van der Waals surface area (Å²) in [5.41, 5.74) is 4.62. The molecule has 30 heavy (non-hydrogen) atoms. The Morgan fingerprint density at radius 2 is 1.80 bits per heavy atom. The van der Waals surface area contributed by atoms with Crippen LogP contribution in [-0.2, 0) is 22.3 Å². The Morgan fingerprint density at radius 1 is 1.07 bits per heavy atom. The van der Waals surface area contributed by atoms with Gasteiger partial charge in [-0.15, -0.1) is 0 Å². The molecule has 0 bridgehead atoms. The Labute approximate surface area is 178 Å². The zero-order chi connectivity index (χ0) is 20.9. The van der Waals surface area contributed by atoms with Crippen molar-refractivity contribution in [3.8, 4) is 0 Å². The molecule has 0 saturated heterocycles. The molecule has 5 heteroatoms. The predicted molar refractivity (Wildman–Crippen MR) is 119 cm³/mol. The first-order valence-electron chi connectivity index (χ1n) is 11.0. The van der Waals surface area contributed by atoms with Gasteiger partial charge in [-0.3, -0.25) is 14.7 Å². The number of fused-ring (bicyclic) bond motifs is 4. The summed E-state index contributed by atoms with van der Waals surface area (Å²) in [7, 11) is 4.31. The van der Waals surface area contributed by atoms with Crippen LogP contribution in [0.2, 0.25) is 0 Å². The van der Waals surface area contributed by atoms with Crippen LogP contribution in [0.4, 0.5) is 0 Å². The number of hydrogen-bond donors (Lipinski definition) is 1. The van der Waals surface area contributed by atoms with Gasteiger partial charge >= 0.3 is 0 Å². The van der Waals surface area contributed by atoms with E-state index in [0.29, 0.717) is 0 Å². The lowest BCUT2D eigenvalue weighted by molar-refractivity contribution is -0.140. The molecule has 1 amide bonds. The number of nitrogens with one attached hydrogen (secondary N) is 1. The van der Waals surface area contributed by atoms with E-state index in [9.17, 15) is 4.79 Å². The number of aromatic amines is 1. The van der Waals surface area contributed by atoms with Gasteiger partial charge in [0.25, 0.3) is 0 Å². The van der Waals surface area contributed by atoms with Gasteiger partial charge in [-0.2, -0.15) is 0 Å². The van der Waals surface area contributed by atoms with Gasteiger partial charge in [0.2, 0.25) is 5.91 Å². The quantitative estimate of drug-likeness (QED) is 0.699. The molecule has 0 unspecified atom stereocenters. The zero-order valence-electron chi connectivity index (χ0n) is 18.1. The first-order valence-corrected chi connectivity index (χ1v) is 11.0. The molecule has 1 aliphatic carbocycles. The maximum absolute atomic E-state index is 12.8. The van der Waals surface area contributed by atoms with Crippen LogP contribution in [0.5, 0.6) is 0 Å². The van der Waals surface area contributed by atoms with Crippen molar-refractivity contribution in [2.45, 2.75) is 50.1 Å². The van der Waals surface area contributed by atoms with Gasteiger partial charge in [0, 0.05) is 36.3 Å². The molecule has 1 N–H and O–H groups in total. The van der Waals surface area contributed by atoms with Gasteiger partial charge < -0.3 is 9.88 Å².